The third kappa shape index (κ3) is 4.01. The van der Waals surface area contributed by atoms with Gasteiger partial charge in [0, 0.05) is 7.05 Å². The molecule has 0 atom stereocenters. The van der Waals surface area contributed by atoms with Gasteiger partial charge in [-0.05, 0) is 19.1 Å². The van der Waals surface area contributed by atoms with Crippen molar-refractivity contribution in [1.82, 2.24) is 4.98 Å². The number of pyridine rings is 1. The Bertz CT molecular complexity index is 382. The van der Waals surface area contributed by atoms with E-state index in [9.17, 15) is 13.2 Å². The Labute approximate surface area is 97.2 Å². The molecule has 2 N–H and O–H groups in total. The molecule has 0 fully saturated rings. The van der Waals surface area contributed by atoms with Gasteiger partial charge in [-0.2, -0.15) is 18.2 Å². The number of hydrogen-bond acceptors (Lipinski definition) is 4. The Morgan fingerprint density at radius 3 is 2.59 bits per heavy atom. The first-order valence-corrected chi connectivity index (χ1v) is 5.00. The van der Waals surface area contributed by atoms with Gasteiger partial charge in [-0.15, -0.1) is 0 Å². The van der Waals surface area contributed by atoms with Crippen LogP contribution in [0.1, 0.15) is 6.92 Å². The fourth-order valence-electron chi connectivity index (χ4n) is 1.26. The Hall–Kier alpha value is -1.66. The summed E-state index contributed by atoms with van der Waals surface area (Å²) in [5.74, 6) is 0.319. The van der Waals surface area contributed by atoms with Crippen LogP contribution in [0.25, 0.3) is 0 Å². The predicted octanol–water partition coefficient (Wildman–Crippen LogP) is 2.06. The molecule has 0 amide bonds. The maximum absolute atomic E-state index is 12.2. The Morgan fingerprint density at radius 1 is 1.41 bits per heavy atom. The molecule has 0 spiro atoms. The minimum absolute atomic E-state index is 0.152. The SMILES string of the molecule is CCOc1nc(N(C)CC(F)(F)F)ccc1N. The van der Waals surface area contributed by atoms with Crippen LogP contribution < -0.4 is 15.4 Å². The zero-order valence-electron chi connectivity index (χ0n) is 9.58. The summed E-state index contributed by atoms with van der Waals surface area (Å²) in [6.07, 6.45) is -4.27. The number of halogens is 3. The van der Waals surface area contributed by atoms with E-state index in [0.29, 0.717) is 12.3 Å². The number of alkyl halides is 3. The van der Waals surface area contributed by atoms with Crippen LogP contribution in [0.2, 0.25) is 0 Å². The van der Waals surface area contributed by atoms with E-state index in [2.05, 4.69) is 4.98 Å². The molecule has 0 aliphatic heterocycles. The van der Waals surface area contributed by atoms with Crippen molar-refractivity contribution < 1.29 is 17.9 Å². The zero-order chi connectivity index (χ0) is 13.1. The first kappa shape index (κ1) is 13.4. The summed E-state index contributed by atoms with van der Waals surface area (Å²) in [5.41, 5.74) is 5.88. The molecule has 0 saturated carbocycles. The maximum Gasteiger partial charge on any atom is 0.405 e. The van der Waals surface area contributed by atoms with Gasteiger partial charge in [0.25, 0.3) is 0 Å². The van der Waals surface area contributed by atoms with E-state index in [1.807, 2.05) is 0 Å². The van der Waals surface area contributed by atoms with Gasteiger partial charge in [0.1, 0.15) is 12.4 Å². The van der Waals surface area contributed by atoms with Gasteiger partial charge in [0.2, 0.25) is 5.88 Å². The number of ether oxygens (including phenoxy) is 1. The fourth-order valence-corrected chi connectivity index (χ4v) is 1.26. The molecule has 0 aliphatic carbocycles. The van der Waals surface area contributed by atoms with Crippen molar-refractivity contribution in [3.8, 4) is 5.88 Å². The van der Waals surface area contributed by atoms with Crippen molar-refractivity contribution in [2.24, 2.45) is 0 Å². The van der Waals surface area contributed by atoms with E-state index in [4.69, 9.17) is 10.5 Å². The Morgan fingerprint density at radius 2 is 2.06 bits per heavy atom. The van der Waals surface area contributed by atoms with Gasteiger partial charge in [0.15, 0.2) is 0 Å². The van der Waals surface area contributed by atoms with Crippen LogP contribution in [-0.2, 0) is 0 Å². The van der Waals surface area contributed by atoms with Crippen LogP contribution in [0.3, 0.4) is 0 Å². The average molecular weight is 249 g/mol. The third-order valence-electron chi connectivity index (χ3n) is 1.96. The molecule has 1 aromatic rings. The van der Waals surface area contributed by atoms with Gasteiger partial charge < -0.3 is 15.4 Å². The highest BCUT2D eigenvalue weighted by atomic mass is 19.4. The van der Waals surface area contributed by atoms with Crippen LogP contribution in [0.15, 0.2) is 12.1 Å². The van der Waals surface area contributed by atoms with Gasteiger partial charge in [0.05, 0.1) is 12.3 Å². The van der Waals surface area contributed by atoms with Gasteiger partial charge in [-0.3, -0.25) is 0 Å². The standard InChI is InChI=1S/C10H14F3N3O/c1-3-17-9-7(14)4-5-8(15-9)16(2)6-10(11,12)13/h4-5H,3,6,14H2,1-2H3. The molecule has 1 heterocycles. The van der Waals surface area contributed by atoms with Crippen molar-refractivity contribution in [2.45, 2.75) is 13.1 Å². The Balaban J connectivity index is 2.87. The van der Waals surface area contributed by atoms with Crippen molar-refractivity contribution in [3.05, 3.63) is 12.1 Å². The van der Waals surface area contributed by atoms with E-state index in [-0.39, 0.29) is 11.7 Å². The fraction of sp³-hybridized carbons (Fsp3) is 0.500. The minimum atomic E-state index is -4.27. The number of anilines is 2. The lowest BCUT2D eigenvalue weighted by Gasteiger charge is -2.20. The lowest BCUT2D eigenvalue weighted by molar-refractivity contribution is -0.119. The Kier molecular flexibility index (Phi) is 4.03. The average Bonchev–Trinajstić information content (AvgIpc) is 2.19. The molecular formula is C10H14F3N3O. The number of nitrogens with two attached hydrogens (primary N) is 1. The number of rotatable bonds is 4. The highest BCUT2D eigenvalue weighted by Crippen LogP contribution is 2.24. The molecule has 1 rings (SSSR count). The smallest absolute Gasteiger partial charge is 0.405 e. The number of nitrogens with zero attached hydrogens (tertiary/aromatic N) is 2. The number of nitrogen functional groups attached to an aromatic ring is 1. The summed E-state index contributed by atoms with van der Waals surface area (Å²) in [6, 6.07) is 2.89. The van der Waals surface area contributed by atoms with E-state index < -0.39 is 12.7 Å². The molecule has 4 nitrogen and oxygen atoms in total. The molecule has 0 aromatic carbocycles. The second-order valence-electron chi connectivity index (χ2n) is 3.47. The van der Waals surface area contributed by atoms with Crippen LogP contribution in [-0.4, -0.2) is 31.4 Å². The number of aromatic nitrogens is 1. The largest absolute Gasteiger partial charge is 0.476 e. The highest BCUT2D eigenvalue weighted by molar-refractivity contribution is 5.54. The lowest BCUT2D eigenvalue weighted by atomic mass is 10.3. The van der Waals surface area contributed by atoms with Gasteiger partial charge in [-0.1, -0.05) is 0 Å². The highest BCUT2D eigenvalue weighted by Gasteiger charge is 2.29. The monoisotopic (exact) mass is 249 g/mol. The second-order valence-corrected chi connectivity index (χ2v) is 3.47. The second kappa shape index (κ2) is 5.11. The third-order valence-corrected chi connectivity index (χ3v) is 1.96. The van der Waals surface area contributed by atoms with Crippen molar-refractivity contribution in [1.29, 1.82) is 0 Å². The molecule has 0 saturated heterocycles. The van der Waals surface area contributed by atoms with E-state index in [1.165, 1.54) is 19.2 Å². The summed E-state index contributed by atoms with van der Waals surface area (Å²) < 4.78 is 41.7. The molecular weight excluding hydrogens is 235 g/mol. The molecule has 0 radical (unpaired) electrons. The van der Waals surface area contributed by atoms with Crippen molar-refractivity contribution in [2.75, 3.05) is 30.8 Å². The summed E-state index contributed by atoms with van der Waals surface area (Å²) in [4.78, 5) is 4.91. The molecule has 0 unspecified atom stereocenters. The van der Waals surface area contributed by atoms with Crippen LogP contribution >= 0.6 is 0 Å². The molecule has 0 bridgehead atoms. The topological polar surface area (TPSA) is 51.4 Å². The van der Waals surface area contributed by atoms with Gasteiger partial charge >= 0.3 is 6.18 Å². The van der Waals surface area contributed by atoms with Crippen LogP contribution in [0.5, 0.6) is 5.88 Å². The summed E-state index contributed by atoms with van der Waals surface area (Å²) >= 11 is 0. The first-order chi connectivity index (χ1) is 7.83. The first-order valence-electron chi connectivity index (χ1n) is 5.00. The molecule has 17 heavy (non-hydrogen) atoms. The minimum Gasteiger partial charge on any atom is -0.476 e. The number of hydrogen-bond donors (Lipinski definition) is 1. The molecule has 96 valence electrons. The molecule has 7 heteroatoms. The maximum atomic E-state index is 12.2. The predicted molar refractivity (Wildman–Crippen MR) is 59.1 cm³/mol. The van der Waals surface area contributed by atoms with Crippen LogP contribution in [0.4, 0.5) is 24.7 Å². The van der Waals surface area contributed by atoms with Gasteiger partial charge in [-0.25, -0.2) is 0 Å². The van der Waals surface area contributed by atoms with Crippen LogP contribution in [0, 0.1) is 0 Å². The normalized spacial score (nSPS) is 11.4. The molecule has 1 aromatic heterocycles. The summed E-state index contributed by atoms with van der Waals surface area (Å²) in [7, 11) is 1.31. The van der Waals surface area contributed by atoms with E-state index in [1.54, 1.807) is 6.92 Å². The zero-order valence-corrected chi connectivity index (χ0v) is 9.58. The lowest BCUT2D eigenvalue weighted by Crippen LogP contribution is -2.31. The summed E-state index contributed by atoms with van der Waals surface area (Å²) in [6.45, 7) is 1.02. The van der Waals surface area contributed by atoms with Crippen molar-refractivity contribution in [3.63, 3.8) is 0 Å². The molecule has 0 aliphatic rings. The van der Waals surface area contributed by atoms with E-state index in [0.717, 1.165) is 4.90 Å². The van der Waals surface area contributed by atoms with Crippen molar-refractivity contribution >= 4 is 11.5 Å². The summed E-state index contributed by atoms with van der Waals surface area (Å²) in [5, 5.41) is 0. The van der Waals surface area contributed by atoms with E-state index >= 15 is 0 Å². The quantitative estimate of drug-likeness (QED) is 0.887.